The minimum atomic E-state index is -0.742. The molecule has 6 nitrogen and oxygen atoms in total. The van der Waals surface area contributed by atoms with Crippen LogP contribution in [0.5, 0.6) is 0 Å². The Bertz CT molecular complexity index is 907. The van der Waals surface area contributed by atoms with E-state index in [-0.39, 0.29) is 11.9 Å². The molecule has 1 atom stereocenters. The zero-order valence-electron chi connectivity index (χ0n) is 15.1. The lowest BCUT2D eigenvalue weighted by atomic mass is 9.91. The van der Waals surface area contributed by atoms with Gasteiger partial charge in [-0.3, -0.25) is 10.7 Å². The van der Waals surface area contributed by atoms with Gasteiger partial charge < -0.3 is 10.1 Å². The average molecular weight is 372 g/mol. The van der Waals surface area contributed by atoms with Crippen molar-refractivity contribution in [1.82, 2.24) is 10.7 Å². The highest BCUT2D eigenvalue weighted by molar-refractivity contribution is 5.91. The Morgan fingerprint density at radius 3 is 1.96 bits per heavy atom. The summed E-state index contributed by atoms with van der Waals surface area (Å²) in [6.45, 7) is 0. The van der Waals surface area contributed by atoms with Crippen molar-refractivity contribution in [3.8, 4) is 0 Å². The van der Waals surface area contributed by atoms with Gasteiger partial charge in [0, 0.05) is 5.69 Å². The molecule has 28 heavy (non-hydrogen) atoms. The van der Waals surface area contributed by atoms with Gasteiger partial charge in [-0.05, 0) is 23.3 Å². The van der Waals surface area contributed by atoms with Gasteiger partial charge in [0.25, 0.3) is 6.35 Å². The molecule has 2 amide bonds. The van der Waals surface area contributed by atoms with Crippen molar-refractivity contribution in [3.63, 3.8) is 0 Å². The fourth-order valence-electron chi connectivity index (χ4n) is 3.07. The first-order valence-electron chi connectivity index (χ1n) is 9.02. The number of hydrogen-bond acceptors (Lipinski definition) is 4. The molecule has 0 aromatic heterocycles. The molecule has 3 N–H and O–H groups in total. The van der Waals surface area contributed by atoms with E-state index < -0.39 is 6.35 Å². The van der Waals surface area contributed by atoms with E-state index in [2.05, 4.69) is 21.2 Å². The topological polar surface area (TPSA) is 74.8 Å². The van der Waals surface area contributed by atoms with Crippen molar-refractivity contribution >= 4 is 17.6 Å². The zero-order chi connectivity index (χ0) is 19.2. The number of para-hydroxylation sites is 1. The number of amides is 2. The molecular formula is C22H20N4O2. The molecule has 6 heteroatoms. The van der Waals surface area contributed by atoms with Crippen LogP contribution in [-0.2, 0) is 4.74 Å². The van der Waals surface area contributed by atoms with Crippen molar-refractivity contribution in [2.45, 2.75) is 12.3 Å². The quantitative estimate of drug-likeness (QED) is 0.637. The predicted octanol–water partition coefficient (Wildman–Crippen LogP) is 3.86. The fraction of sp³-hybridized carbons (Fsp3) is 0.0909. The Morgan fingerprint density at radius 2 is 1.39 bits per heavy atom. The average Bonchev–Trinajstić information content (AvgIpc) is 3.18. The predicted molar refractivity (Wildman–Crippen MR) is 109 cm³/mol. The molecule has 4 rings (SSSR count). The summed E-state index contributed by atoms with van der Waals surface area (Å²) >= 11 is 0. The Balaban J connectivity index is 1.45. The van der Waals surface area contributed by atoms with Gasteiger partial charge in [-0.1, -0.05) is 78.9 Å². The van der Waals surface area contributed by atoms with Crippen LogP contribution in [0, 0.1) is 0 Å². The highest BCUT2D eigenvalue weighted by Gasteiger charge is 2.29. The largest absolute Gasteiger partial charge is 0.435 e. The molecule has 0 saturated carbocycles. The van der Waals surface area contributed by atoms with Crippen molar-refractivity contribution in [2.24, 2.45) is 5.10 Å². The number of benzene rings is 3. The Morgan fingerprint density at radius 1 is 0.857 bits per heavy atom. The van der Waals surface area contributed by atoms with Gasteiger partial charge in [0.1, 0.15) is 0 Å². The van der Waals surface area contributed by atoms with Gasteiger partial charge in [0.05, 0.1) is 5.92 Å². The SMILES string of the molecule is O=C(Nc1ccccc1)NC1NN=C(C(c2ccccc2)c2ccccc2)O1. The molecule has 3 aromatic rings. The molecule has 1 heterocycles. The Kier molecular flexibility index (Phi) is 5.20. The maximum absolute atomic E-state index is 12.2. The fourth-order valence-corrected chi connectivity index (χ4v) is 3.07. The van der Waals surface area contributed by atoms with Crippen molar-refractivity contribution in [3.05, 3.63) is 102 Å². The van der Waals surface area contributed by atoms with E-state index in [1.54, 1.807) is 0 Å². The highest BCUT2D eigenvalue weighted by Crippen LogP contribution is 2.28. The van der Waals surface area contributed by atoms with Gasteiger partial charge in [0.15, 0.2) is 0 Å². The summed E-state index contributed by atoms with van der Waals surface area (Å²) in [7, 11) is 0. The third-order valence-electron chi connectivity index (χ3n) is 4.34. The maximum atomic E-state index is 12.2. The second-order valence-electron chi connectivity index (χ2n) is 6.30. The normalized spacial score (nSPS) is 15.3. The molecule has 0 spiro atoms. The van der Waals surface area contributed by atoms with Gasteiger partial charge in [-0.25, -0.2) is 4.79 Å². The maximum Gasteiger partial charge on any atom is 0.323 e. The number of rotatable bonds is 5. The molecule has 0 radical (unpaired) electrons. The van der Waals surface area contributed by atoms with E-state index in [9.17, 15) is 4.79 Å². The van der Waals surface area contributed by atoms with E-state index in [0.29, 0.717) is 11.6 Å². The molecular weight excluding hydrogens is 352 g/mol. The lowest BCUT2D eigenvalue weighted by Crippen LogP contribution is -2.44. The summed E-state index contributed by atoms with van der Waals surface area (Å²) in [5.74, 6) is 0.335. The second kappa shape index (κ2) is 8.26. The van der Waals surface area contributed by atoms with Crippen LogP contribution in [0.4, 0.5) is 10.5 Å². The van der Waals surface area contributed by atoms with E-state index in [4.69, 9.17) is 4.74 Å². The van der Waals surface area contributed by atoms with Crippen molar-refractivity contribution < 1.29 is 9.53 Å². The van der Waals surface area contributed by atoms with E-state index in [0.717, 1.165) is 11.1 Å². The van der Waals surface area contributed by atoms with Crippen LogP contribution in [0.2, 0.25) is 0 Å². The van der Waals surface area contributed by atoms with Crippen molar-refractivity contribution in [2.75, 3.05) is 5.32 Å². The summed E-state index contributed by atoms with van der Waals surface area (Å²) in [5.41, 5.74) is 5.65. The van der Waals surface area contributed by atoms with Gasteiger partial charge in [-0.15, -0.1) is 5.10 Å². The number of hydrogen-bond donors (Lipinski definition) is 3. The Hall–Kier alpha value is -3.80. The molecule has 1 unspecified atom stereocenters. The molecule has 140 valence electrons. The second-order valence-corrected chi connectivity index (χ2v) is 6.30. The van der Waals surface area contributed by atoms with Gasteiger partial charge in [-0.2, -0.15) is 0 Å². The van der Waals surface area contributed by atoms with Crippen LogP contribution in [0.15, 0.2) is 96.1 Å². The summed E-state index contributed by atoms with van der Waals surface area (Å²) < 4.78 is 5.91. The smallest absolute Gasteiger partial charge is 0.323 e. The van der Waals surface area contributed by atoms with Gasteiger partial charge in [0.2, 0.25) is 5.90 Å². The van der Waals surface area contributed by atoms with E-state index in [1.807, 2.05) is 91.0 Å². The number of carbonyl (C=O) groups excluding carboxylic acids is 1. The number of hydrazone groups is 1. The lowest BCUT2D eigenvalue weighted by Gasteiger charge is -2.19. The number of carbonyl (C=O) groups is 1. The van der Waals surface area contributed by atoms with Crippen molar-refractivity contribution in [1.29, 1.82) is 0 Å². The number of nitrogens with zero attached hydrogens (tertiary/aromatic N) is 1. The lowest BCUT2D eigenvalue weighted by molar-refractivity contribution is 0.150. The monoisotopic (exact) mass is 372 g/mol. The molecule has 1 aliphatic rings. The molecule has 0 saturated heterocycles. The summed E-state index contributed by atoms with van der Waals surface area (Å²) in [6.07, 6.45) is -0.742. The molecule has 0 bridgehead atoms. The summed E-state index contributed by atoms with van der Waals surface area (Å²) in [6, 6.07) is 28.8. The number of ether oxygens (including phenoxy) is 1. The van der Waals surface area contributed by atoms with E-state index >= 15 is 0 Å². The molecule has 0 fully saturated rings. The zero-order valence-corrected chi connectivity index (χ0v) is 15.1. The summed E-state index contributed by atoms with van der Waals surface area (Å²) in [5, 5.41) is 9.80. The molecule has 0 aliphatic carbocycles. The molecule has 1 aliphatic heterocycles. The first kappa shape index (κ1) is 17.6. The number of urea groups is 1. The number of nitrogens with one attached hydrogen (secondary N) is 3. The van der Waals surface area contributed by atoms with Crippen LogP contribution in [-0.4, -0.2) is 18.3 Å². The summed E-state index contributed by atoms with van der Waals surface area (Å²) in [4.78, 5) is 12.2. The molecule has 3 aromatic carbocycles. The minimum Gasteiger partial charge on any atom is -0.435 e. The minimum absolute atomic E-state index is 0.168. The van der Waals surface area contributed by atoms with Crippen LogP contribution < -0.4 is 16.1 Å². The van der Waals surface area contributed by atoms with Crippen LogP contribution in [0.3, 0.4) is 0 Å². The van der Waals surface area contributed by atoms with E-state index in [1.165, 1.54) is 0 Å². The first-order valence-corrected chi connectivity index (χ1v) is 9.02. The first-order chi connectivity index (χ1) is 13.8. The standard InChI is InChI=1S/C22H20N4O2/c27-21(23-18-14-8-3-9-15-18)24-22-26-25-20(28-22)19(16-10-4-1-5-11-16)17-12-6-2-7-13-17/h1-15,19,22,26H,(H2,23,24,27). The third-order valence-corrected chi connectivity index (χ3v) is 4.34. The van der Waals surface area contributed by atoms with Gasteiger partial charge >= 0.3 is 6.03 Å². The highest BCUT2D eigenvalue weighted by atomic mass is 16.5. The van der Waals surface area contributed by atoms with Crippen LogP contribution in [0.1, 0.15) is 17.0 Å². The van der Waals surface area contributed by atoms with Crippen LogP contribution >= 0.6 is 0 Å². The Labute approximate surface area is 163 Å². The third kappa shape index (κ3) is 4.12. The number of anilines is 1. The van der Waals surface area contributed by atoms with Crippen LogP contribution in [0.25, 0.3) is 0 Å².